The fourth-order valence-electron chi connectivity index (χ4n) is 3.46. The number of halogens is 3. The highest BCUT2D eigenvalue weighted by Gasteiger charge is 2.34. The minimum Gasteiger partial charge on any atom is -0.396 e. The first kappa shape index (κ1) is 20.7. The van der Waals surface area contributed by atoms with Gasteiger partial charge in [0.25, 0.3) is 0 Å². The Morgan fingerprint density at radius 3 is 2.79 bits per heavy atom. The SMILES string of the molecule is C[C@@H](CCO)Nc1cc(Cl)ncc1-c1cc(N2CC(CC(C)(F)F)C2)ccn1. The van der Waals surface area contributed by atoms with Crippen LogP contribution in [0.15, 0.2) is 30.6 Å². The van der Waals surface area contributed by atoms with E-state index in [0.717, 1.165) is 29.6 Å². The number of pyridine rings is 2. The number of aliphatic hydroxyl groups is 1. The molecule has 1 aliphatic heterocycles. The molecule has 0 radical (unpaired) electrons. The Morgan fingerprint density at radius 1 is 1.36 bits per heavy atom. The van der Waals surface area contributed by atoms with Gasteiger partial charge in [-0.25, -0.2) is 13.8 Å². The molecular formula is C20H25ClF2N4O. The molecule has 8 heteroatoms. The molecule has 0 amide bonds. The predicted molar refractivity (Wildman–Crippen MR) is 108 cm³/mol. The first-order chi connectivity index (χ1) is 13.2. The van der Waals surface area contributed by atoms with Gasteiger partial charge in [-0.2, -0.15) is 0 Å². The largest absolute Gasteiger partial charge is 0.396 e. The standard InChI is InChI=1S/C20H25ClF2N4O/c1-13(4-6-28)26-18-8-19(21)25-10-16(18)17-7-15(3-5-24-17)27-11-14(12-27)9-20(2,22)23/h3,5,7-8,10,13-14,28H,4,6,9,11-12H2,1-2H3,(H,25,26)/t13-/m0/s1. The van der Waals surface area contributed by atoms with Crippen molar-refractivity contribution in [2.24, 2.45) is 5.92 Å². The highest BCUT2D eigenvalue weighted by Crippen LogP contribution is 2.35. The Morgan fingerprint density at radius 2 is 2.11 bits per heavy atom. The molecule has 3 heterocycles. The molecular weight excluding hydrogens is 386 g/mol. The quantitative estimate of drug-likeness (QED) is 0.629. The highest BCUT2D eigenvalue weighted by atomic mass is 35.5. The van der Waals surface area contributed by atoms with Gasteiger partial charge >= 0.3 is 0 Å². The molecule has 1 aliphatic rings. The van der Waals surface area contributed by atoms with Gasteiger partial charge < -0.3 is 15.3 Å². The molecule has 1 fully saturated rings. The second-order valence-electron chi connectivity index (χ2n) is 7.55. The number of alkyl halides is 2. The molecule has 5 nitrogen and oxygen atoms in total. The van der Waals surface area contributed by atoms with Gasteiger partial charge in [0.1, 0.15) is 5.15 Å². The normalized spacial score (nSPS) is 16.0. The molecule has 0 unspecified atom stereocenters. The number of anilines is 2. The minimum atomic E-state index is -2.62. The number of hydrogen-bond acceptors (Lipinski definition) is 5. The van der Waals surface area contributed by atoms with Crippen LogP contribution in [-0.4, -0.2) is 46.7 Å². The van der Waals surface area contributed by atoms with E-state index >= 15 is 0 Å². The van der Waals surface area contributed by atoms with Crippen LogP contribution in [0.4, 0.5) is 20.2 Å². The van der Waals surface area contributed by atoms with Crippen molar-refractivity contribution in [1.29, 1.82) is 0 Å². The molecule has 3 rings (SSSR count). The molecule has 1 saturated heterocycles. The van der Waals surface area contributed by atoms with Gasteiger partial charge in [-0.1, -0.05) is 11.6 Å². The summed E-state index contributed by atoms with van der Waals surface area (Å²) in [4.78, 5) is 10.7. The predicted octanol–water partition coefficient (Wildman–Crippen LogP) is 4.46. The van der Waals surface area contributed by atoms with Crippen molar-refractivity contribution in [2.75, 3.05) is 29.9 Å². The molecule has 0 bridgehead atoms. The van der Waals surface area contributed by atoms with Crippen molar-refractivity contribution in [3.63, 3.8) is 0 Å². The summed E-state index contributed by atoms with van der Waals surface area (Å²) in [6.45, 7) is 4.26. The van der Waals surface area contributed by atoms with Gasteiger partial charge in [-0.3, -0.25) is 4.98 Å². The summed E-state index contributed by atoms with van der Waals surface area (Å²) < 4.78 is 26.4. The summed E-state index contributed by atoms with van der Waals surface area (Å²) in [5.74, 6) is -2.62. The molecule has 0 saturated carbocycles. The van der Waals surface area contributed by atoms with Gasteiger partial charge in [0, 0.05) is 61.5 Å². The average molecular weight is 411 g/mol. The second-order valence-corrected chi connectivity index (χ2v) is 7.94. The lowest BCUT2D eigenvalue weighted by Crippen LogP contribution is -2.48. The zero-order chi connectivity index (χ0) is 20.3. The molecule has 0 spiro atoms. The number of aliphatic hydroxyl groups excluding tert-OH is 1. The molecule has 0 aromatic carbocycles. The monoisotopic (exact) mass is 410 g/mol. The first-order valence-corrected chi connectivity index (χ1v) is 9.75. The van der Waals surface area contributed by atoms with E-state index in [4.69, 9.17) is 16.7 Å². The van der Waals surface area contributed by atoms with E-state index in [1.165, 1.54) is 0 Å². The Labute approximate surface area is 168 Å². The maximum Gasteiger partial charge on any atom is 0.245 e. The summed E-state index contributed by atoms with van der Waals surface area (Å²) in [5.41, 5.74) is 3.26. The van der Waals surface area contributed by atoms with Crippen molar-refractivity contribution in [1.82, 2.24) is 9.97 Å². The number of hydrogen-bond donors (Lipinski definition) is 2. The molecule has 2 aromatic rings. The summed E-state index contributed by atoms with van der Waals surface area (Å²) >= 11 is 6.06. The molecule has 1 atom stereocenters. The Bertz CT molecular complexity index is 809. The van der Waals surface area contributed by atoms with Crippen LogP contribution in [0.3, 0.4) is 0 Å². The minimum absolute atomic E-state index is 0.00497. The third-order valence-electron chi connectivity index (χ3n) is 4.82. The van der Waals surface area contributed by atoms with Crippen LogP contribution >= 0.6 is 11.6 Å². The lowest BCUT2D eigenvalue weighted by Gasteiger charge is -2.42. The van der Waals surface area contributed by atoms with Crippen LogP contribution in [-0.2, 0) is 0 Å². The third-order valence-corrected chi connectivity index (χ3v) is 5.03. The molecule has 2 N–H and O–H groups in total. The van der Waals surface area contributed by atoms with Gasteiger partial charge in [0.05, 0.1) is 5.69 Å². The van der Waals surface area contributed by atoms with Crippen molar-refractivity contribution < 1.29 is 13.9 Å². The Kier molecular flexibility index (Phi) is 6.35. The lowest BCUT2D eigenvalue weighted by molar-refractivity contribution is -0.00733. The molecule has 28 heavy (non-hydrogen) atoms. The number of rotatable bonds is 8. The molecule has 152 valence electrons. The number of nitrogens with zero attached hydrogens (tertiary/aromatic N) is 3. The van der Waals surface area contributed by atoms with E-state index in [2.05, 4.69) is 20.2 Å². The number of nitrogens with one attached hydrogen (secondary N) is 1. The van der Waals surface area contributed by atoms with Crippen molar-refractivity contribution in [2.45, 2.75) is 38.7 Å². The van der Waals surface area contributed by atoms with E-state index in [9.17, 15) is 8.78 Å². The van der Waals surface area contributed by atoms with E-state index in [1.54, 1.807) is 18.5 Å². The van der Waals surface area contributed by atoms with Crippen molar-refractivity contribution >= 4 is 23.0 Å². The van der Waals surface area contributed by atoms with Crippen LogP contribution in [0.1, 0.15) is 26.7 Å². The fraction of sp³-hybridized carbons (Fsp3) is 0.500. The zero-order valence-corrected chi connectivity index (χ0v) is 16.8. The fourth-order valence-corrected chi connectivity index (χ4v) is 3.62. The second kappa shape index (κ2) is 8.57. The van der Waals surface area contributed by atoms with Crippen LogP contribution < -0.4 is 10.2 Å². The van der Waals surface area contributed by atoms with Gasteiger partial charge in [-0.15, -0.1) is 0 Å². The van der Waals surface area contributed by atoms with E-state index in [0.29, 0.717) is 24.7 Å². The summed E-state index contributed by atoms with van der Waals surface area (Å²) in [5, 5.41) is 12.8. The van der Waals surface area contributed by atoms with Crippen LogP contribution in [0.2, 0.25) is 5.15 Å². The van der Waals surface area contributed by atoms with E-state index < -0.39 is 5.92 Å². The van der Waals surface area contributed by atoms with Crippen LogP contribution in [0.25, 0.3) is 11.3 Å². The average Bonchev–Trinajstić information content (AvgIpc) is 2.57. The highest BCUT2D eigenvalue weighted by molar-refractivity contribution is 6.29. The third kappa shape index (κ3) is 5.29. The molecule has 2 aromatic heterocycles. The van der Waals surface area contributed by atoms with Crippen LogP contribution in [0, 0.1) is 5.92 Å². The number of aromatic nitrogens is 2. The Balaban J connectivity index is 1.77. The van der Waals surface area contributed by atoms with Crippen LogP contribution in [0.5, 0.6) is 0 Å². The van der Waals surface area contributed by atoms with Crippen molar-refractivity contribution in [3.8, 4) is 11.3 Å². The zero-order valence-electron chi connectivity index (χ0n) is 16.0. The Hall–Kier alpha value is -1.99. The maximum absolute atomic E-state index is 13.2. The lowest BCUT2D eigenvalue weighted by atomic mass is 9.93. The van der Waals surface area contributed by atoms with Gasteiger partial charge in [0.2, 0.25) is 5.92 Å². The van der Waals surface area contributed by atoms with Crippen molar-refractivity contribution in [3.05, 3.63) is 35.7 Å². The van der Waals surface area contributed by atoms with Gasteiger partial charge in [0.15, 0.2) is 0 Å². The van der Waals surface area contributed by atoms with E-state index in [-0.39, 0.29) is 25.0 Å². The summed E-state index contributed by atoms with van der Waals surface area (Å²) in [7, 11) is 0. The smallest absolute Gasteiger partial charge is 0.245 e. The molecule has 0 aliphatic carbocycles. The summed E-state index contributed by atoms with van der Waals surface area (Å²) in [6.07, 6.45) is 3.89. The topological polar surface area (TPSA) is 61.3 Å². The summed E-state index contributed by atoms with van der Waals surface area (Å²) in [6, 6.07) is 5.61. The maximum atomic E-state index is 13.2. The van der Waals surface area contributed by atoms with E-state index in [1.807, 2.05) is 19.1 Å². The first-order valence-electron chi connectivity index (χ1n) is 9.37. The van der Waals surface area contributed by atoms with Gasteiger partial charge in [-0.05, 0) is 44.4 Å².